The molecule has 0 aliphatic carbocycles. The molecule has 4 nitrogen and oxygen atoms in total. The van der Waals surface area contributed by atoms with Gasteiger partial charge in [0.05, 0.1) is 0 Å². The topological polar surface area (TPSA) is 34.0 Å². The summed E-state index contributed by atoms with van der Waals surface area (Å²) in [6, 6.07) is 4.65. The fourth-order valence-corrected chi connectivity index (χ4v) is 2.89. The molecule has 1 fully saturated rings. The largest absolute Gasteiger partial charge is 0.311 e. The predicted octanol–water partition coefficient (Wildman–Crippen LogP) is 2.09. The van der Waals surface area contributed by atoms with E-state index in [0.29, 0.717) is 6.04 Å². The minimum Gasteiger partial charge on any atom is -0.311 e. The van der Waals surface area contributed by atoms with Gasteiger partial charge < -0.3 is 9.47 Å². The van der Waals surface area contributed by atoms with Crippen molar-refractivity contribution in [2.45, 2.75) is 38.8 Å². The van der Waals surface area contributed by atoms with E-state index in [2.05, 4.69) is 39.5 Å². The number of likely N-dealkylation sites (N-methyl/N-ethyl adjacent to an activating group) is 1. The van der Waals surface area contributed by atoms with E-state index in [9.17, 15) is 0 Å². The summed E-state index contributed by atoms with van der Waals surface area (Å²) in [5, 5.41) is 0. The molecule has 3 heterocycles. The van der Waals surface area contributed by atoms with E-state index in [4.69, 9.17) is 0 Å². The van der Waals surface area contributed by atoms with Crippen molar-refractivity contribution in [1.29, 1.82) is 0 Å². The van der Waals surface area contributed by atoms with Gasteiger partial charge in [0.15, 0.2) is 5.65 Å². The summed E-state index contributed by atoms with van der Waals surface area (Å²) >= 11 is 0. The normalized spacial score (nSPS) is 20.9. The molecule has 0 saturated carbocycles. The van der Waals surface area contributed by atoms with Crippen LogP contribution in [0.1, 0.15) is 25.6 Å². The van der Waals surface area contributed by atoms with Gasteiger partial charge in [0.2, 0.25) is 0 Å². The van der Waals surface area contributed by atoms with Gasteiger partial charge in [-0.25, -0.2) is 9.97 Å². The molecule has 3 rings (SSSR count). The zero-order valence-corrected chi connectivity index (χ0v) is 11.1. The van der Waals surface area contributed by atoms with E-state index in [1.807, 2.05) is 12.3 Å². The van der Waals surface area contributed by atoms with E-state index in [1.54, 1.807) is 0 Å². The molecule has 0 bridgehead atoms. The third-order valence-corrected chi connectivity index (χ3v) is 3.96. The maximum atomic E-state index is 4.68. The molecule has 96 valence electrons. The summed E-state index contributed by atoms with van der Waals surface area (Å²) in [7, 11) is 2.22. The van der Waals surface area contributed by atoms with Gasteiger partial charge in [0.1, 0.15) is 11.3 Å². The van der Waals surface area contributed by atoms with Gasteiger partial charge in [-0.05, 0) is 38.6 Å². The summed E-state index contributed by atoms with van der Waals surface area (Å²) in [6.07, 6.45) is 5.42. The highest BCUT2D eigenvalue weighted by Gasteiger charge is 2.23. The van der Waals surface area contributed by atoms with E-state index in [1.165, 1.54) is 19.4 Å². The summed E-state index contributed by atoms with van der Waals surface area (Å²) in [6.45, 7) is 4.40. The summed E-state index contributed by atoms with van der Waals surface area (Å²) in [5.74, 6) is 1.16. The third kappa shape index (κ3) is 1.90. The van der Waals surface area contributed by atoms with Crippen molar-refractivity contribution in [3.63, 3.8) is 0 Å². The lowest BCUT2D eigenvalue weighted by atomic mass is 10.2. The Hall–Kier alpha value is -1.42. The van der Waals surface area contributed by atoms with Crippen LogP contribution in [0.4, 0.5) is 0 Å². The van der Waals surface area contributed by atoms with Crippen LogP contribution in [-0.4, -0.2) is 39.1 Å². The summed E-state index contributed by atoms with van der Waals surface area (Å²) in [4.78, 5) is 11.6. The van der Waals surface area contributed by atoms with Crippen LogP contribution in [0.2, 0.25) is 0 Å². The molecular weight excluding hydrogens is 224 g/mol. The number of nitrogens with zero attached hydrogens (tertiary/aromatic N) is 4. The fourth-order valence-electron chi connectivity index (χ4n) is 2.89. The Kier molecular flexibility index (Phi) is 3.04. The second-order valence-electron chi connectivity index (χ2n) is 5.11. The quantitative estimate of drug-likeness (QED) is 0.829. The molecule has 0 spiro atoms. The molecule has 0 aromatic carbocycles. The standard InChI is InChI=1S/C14H20N4/c1-3-13-16-12-7-4-8-15-14(12)18(13)10-11-6-5-9-17(11)2/h4,7-8,11H,3,5-6,9-10H2,1-2H3. The first-order chi connectivity index (χ1) is 8.79. The molecule has 1 aliphatic heterocycles. The monoisotopic (exact) mass is 244 g/mol. The summed E-state index contributed by atoms with van der Waals surface area (Å²) < 4.78 is 2.31. The Morgan fingerprint density at radius 2 is 2.33 bits per heavy atom. The number of imidazole rings is 1. The van der Waals surface area contributed by atoms with Gasteiger partial charge >= 0.3 is 0 Å². The molecule has 18 heavy (non-hydrogen) atoms. The third-order valence-electron chi connectivity index (χ3n) is 3.96. The maximum absolute atomic E-state index is 4.68. The van der Waals surface area contributed by atoms with Crippen LogP contribution in [0.25, 0.3) is 11.2 Å². The lowest BCUT2D eigenvalue weighted by Crippen LogP contribution is -2.29. The van der Waals surface area contributed by atoms with Crippen molar-refractivity contribution in [2.24, 2.45) is 0 Å². The van der Waals surface area contributed by atoms with Gasteiger partial charge in [-0.1, -0.05) is 6.92 Å². The van der Waals surface area contributed by atoms with Crippen molar-refractivity contribution in [3.05, 3.63) is 24.2 Å². The van der Waals surface area contributed by atoms with Crippen molar-refractivity contribution < 1.29 is 0 Å². The number of fused-ring (bicyclic) bond motifs is 1. The lowest BCUT2D eigenvalue weighted by Gasteiger charge is -2.21. The molecule has 1 aliphatic rings. The minimum absolute atomic E-state index is 0.634. The van der Waals surface area contributed by atoms with Gasteiger partial charge in [-0.3, -0.25) is 0 Å². The first kappa shape index (κ1) is 11.7. The Morgan fingerprint density at radius 3 is 3.06 bits per heavy atom. The van der Waals surface area contributed by atoms with Gasteiger partial charge in [0, 0.05) is 25.2 Å². The van der Waals surface area contributed by atoms with Gasteiger partial charge in [0.25, 0.3) is 0 Å². The van der Waals surface area contributed by atoms with Crippen LogP contribution in [0, 0.1) is 0 Å². The smallest absolute Gasteiger partial charge is 0.160 e. The molecule has 1 unspecified atom stereocenters. The molecule has 2 aromatic rings. The second-order valence-corrected chi connectivity index (χ2v) is 5.11. The van der Waals surface area contributed by atoms with Crippen LogP contribution >= 0.6 is 0 Å². The highest BCUT2D eigenvalue weighted by Crippen LogP contribution is 2.20. The average molecular weight is 244 g/mol. The Morgan fingerprint density at radius 1 is 1.44 bits per heavy atom. The van der Waals surface area contributed by atoms with Gasteiger partial charge in [-0.15, -0.1) is 0 Å². The average Bonchev–Trinajstić information content (AvgIpc) is 2.95. The van der Waals surface area contributed by atoms with Crippen LogP contribution < -0.4 is 0 Å². The Labute approximate surface area is 108 Å². The molecule has 0 amide bonds. The molecular formula is C14H20N4. The van der Waals surface area contributed by atoms with Crippen molar-refractivity contribution in [1.82, 2.24) is 19.4 Å². The zero-order valence-electron chi connectivity index (χ0n) is 11.1. The number of hydrogen-bond donors (Lipinski definition) is 0. The minimum atomic E-state index is 0.634. The number of hydrogen-bond acceptors (Lipinski definition) is 3. The molecule has 4 heteroatoms. The fraction of sp³-hybridized carbons (Fsp3) is 0.571. The lowest BCUT2D eigenvalue weighted by molar-refractivity contribution is 0.282. The van der Waals surface area contributed by atoms with E-state index >= 15 is 0 Å². The molecule has 1 atom stereocenters. The van der Waals surface area contributed by atoms with Crippen LogP contribution in [0.3, 0.4) is 0 Å². The van der Waals surface area contributed by atoms with Crippen LogP contribution in [0.5, 0.6) is 0 Å². The maximum Gasteiger partial charge on any atom is 0.160 e. The number of pyridine rings is 1. The SMILES string of the molecule is CCc1nc2cccnc2n1CC1CCCN1C. The van der Waals surface area contributed by atoms with E-state index in [-0.39, 0.29) is 0 Å². The Bertz CT molecular complexity index is 546. The highest BCUT2D eigenvalue weighted by atomic mass is 15.2. The zero-order chi connectivity index (χ0) is 12.5. The van der Waals surface area contributed by atoms with Crippen LogP contribution in [-0.2, 0) is 13.0 Å². The van der Waals surface area contributed by atoms with Crippen molar-refractivity contribution >= 4 is 11.2 Å². The summed E-state index contributed by atoms with van der Waals surface area (Å²) in [5.41, 5.74) is 2.06. The number of aryl methyl sites for hydroxylation is 1. The predicted molar refractivity (Wildman–Crippen MR) is 72.6 cm³/mol. The number of aromatic nitrogens is 3. The first-order valence-corrected chi connectivity index (χ1v) is 6.80. The first-order valence-electron chi connectivity index (χ1n) is 6.80. The molecule has 2 aromatic heterocycles. The van der Waals surface area contributed by atoms with E-state index in [0.717, 1.165) is 30.0 Å². The Balaban J connectivity index is 1.98. The molecule has 1 saturated heterocycles. The molecule has 0 radical (unpaired) electrons. The number of rotatable bonds is 3. The van der Waals surface area contributed by atoms with Gasteiger partial charge in [-0.2, -0.15) is 0 Å². The van der Waals surface area contributed by atoms with E-state index < -0.39 is 0 Å². The van der Waals surface area contributed by atoms with Crippen molar-refractivity contribution in [2.75, 3.05) is 13.6 Å². The van der Waals surface area contributed by atoms with Crippen LogP contribution in [0.15, 0.2) is 18.3 Å². The second kappa shape index (κ2) is 4.69. The molecule has 0 N–H and O–H groups in total. The van der Waals surface area contributed by atoms with Crippen molar-refractivity contribution in [3.8, 4) is 0 Å². The number of likely N-dealkylation sites (tertiary alicyclic amines) is 1. The highest BCUT2D eigenvalue weighted by molar-refractivity contribution is 5.71.